The zero-order valence-electron chi connectivity index (χ0n) is 12.1. The smallest absolute Gasteiger partial charge is 0.122 e. The van der Waals surface area contributed by atoms with Crippen molar-refractivity contribution in [2.75, 3.05) is 20.2 Å². The van der Waals surface area contributed by atoms with Crippen LogP contribution in [0.2, 0.25) is 0 Å². The predicted octanol–water partition coefficient (Wildman–Crippen LogP) is 2.99. The summed E-state index contributed by atoms with van der Waals surface area (Å²) < 4.78 is 5.62. The van der Waals surface area contributed by atoms with Crippen LogP contribution in [0.4, 0.5) is 0 Å². The summed E-state index contributed by atoms with van der Waals surface area (Å²) in [6.07, 6.45) is 2.21. The van der Waals surface area contributed by atoms with Gasteiger partial charge in [0.25, 0.3) is 0 Å². The maximum absolute atomic E-state index is 9.07. The highest BCUT2D eigenvalue weighted by Gasteiger charge is 2.19. The Bertz CT molecular complexity index is 488. The first-order valence-electron chi connectivity index (χ1n) is 6.84. The van der Waals surface area contributed by atoms with Crippen LogP contribution >= 0.6 is 0 Å². The predicted molar refractivity (Wildman–Crippen MR) is 76.0 cm³/mol. The first-order valence-corrected chi connectivity index (χ1v) is 6.84. The fraction of sp³-hybridized carbons (Fsp3) is 0.562. The van der Waals surface area contributed by atoms with Crippen LogP contribution in [-0.2, 0) is 13.0 Å². The van der Waals surface area contributed by atoms with Crippen molar-refractivity contribution in [2.24, 2.45) is 5.41 Å². The van der Waals surface area contributed by atoms with E-state index in [0.29, 0.717) is 0 Å². The van der Waals surface area contributed by atoms with E-state index in [-0.39, 0.29) is 5.41 Å². The lowest BCUT2D eigenvalue weighted by Gasteiger charge is -2.25. The topological polar surface area (TPSA) is 36.3 Å². The van der Waals surface area contributed by atoms with Crippen LogP contribution in [0.1, 0.15) is 31.4 Å². The Hall–Kier alpha value is -1.53. The second-order valence-electron chi connectivity index (χ2n) is 6.06. The number of rotatable bonds is 4. The molecule has 3 nitrogen and oxygen atoms in total. The number of aryl methyl sites for hydroxylation is 1. The van der Waals surface area contributed by atoms with Gasteiger partial charge in [-0.2, -0.15) is 5.26 Å². The third-order valence-corrected chi connectivity index (χ3v) is 3.39. The van der Waals surface area contributed by atoms with Crippen LogP contribution in [-0.4, -0.2) is 25.1 Å². The minimum Gasteiger partial charge on any atom is -0.493 e. The molecule has 0 saturated carbocycles. The van der Waals surface area contributed by atoms with Crippen molar-refractivity contribution in [1.29, 1.82) is 5.26 Å². The van der Waals surface area contributed by atoms with Crippen LogP contribution in [0.15, 0.2) is 18.2 Å². The molecule has 1 aliphatic heterocycles. The summed E-state index contributed by atoms with van der Waals surface area (Å²) in [6.45, 7) is 6.44. The Labute approximate surface area is 115 Å². The first-order chi connectivity index (χ1) is 9.00. The fourth-order valence-electron chi connectivity index (χ4n) is 2.59. The Morgan fingerprint density at radius 3 is 2.95 bits per heavy atom. The standard InChI is InChI=1S/C16H22N2O/c1-16(2,11-17)12-18(3)10-13-6-7-15-14(9-13)5-4-8-19-15/h6-7,9H,4-5,8,10,12H2,1-3H3. The molecule has 1 aliphatic rings. The maximum atomic E-state index is 9.07. The second-order valence-corrected chi connectivity index (χ2v) is 6.06. The Morgan fingerprint density at radius 1 is 1.42 bits per heavy atom. The lowest BCUT2D eigenvalue weighted by Crippen LogP contribution is -2.30. The molecule has 19 heavy (non-hydrogen) atoms. The van der Waals surface area contributed by atoms with Gasteiger partial charge in [0.1, 0.15) is 5.75 Å². The van der Waals surface area contributed by atoms with Crippen molar-refractivity contribution >= 4 is 0 Å². The lowest BCUT2D eigenvalue weighted by atomic mass is 9.95. The molecule has 1 aromatic rings. The quantitative estimate of drug-likeness (QED) is 0.833. The maximum Gasteiger partial charge on any atom is 0.122 e. The van der Waals surface area contributed by atoms with Gasteiger partial charge in [-0.1, -0.05) is 12.1 Å². The minimum absolute atomic E-state index is 0.300. The number of nitrogens with zero attached hydrogens (tertiary/aromatic N) is 2. The van der Waals surface area contributed by atoms with Crippen molar-refractivity contribution in [3.05, 3.63) is 29.3 Å². The van der Waals surface area contributed by atoms with E-state index in [2.05, 4.69) is 36.2 Å². The van der Waals surface area contributed by atoms with Crippen LogP contribution in [0, 0.1) is 16.7 Å². The van der Waals surface area contributed by atoms with Crippen molar-refractivity contribution < 1.29 is 4.74 Å². The van der Waals surface area contributed by atoms with Gasteiger partial charge in [0.15, 0.2) is 0 Å². The average Bonchev–Trinajstić information content (AvgIpc) is 2.38. The van der Waals surface area contributed by atoms with E-state index in [0.717, 1.165) is 38.3 Å². The van der Waals surface area contributed by atoms with Gasteiger partial charge in [-0.25, -0.2) is 0 Å². The van der Waals surface area contributed by atoms with E-state index < -0.39 is 0 Å². The van der Waals surface area contributed by atoms with Crippen LogP contribution in [0.5, 0.6) is 5.75 Å². The van der Waals surface area contributed by atoms with Crippen LogP contribution in [0.3, 0.4) is 0 Å². The number of hydrogen-bond acceptors (Lipinski definition) is 3. The summed E-state index contributed by atoms with van der Waals surface area (Å²) in [7, 11) is 2.06. The molecule has 0 atom stereocenters. The van der Waals surface area contributed by atoms with E-state index in [4.69, 9.17) is 10.00 Å². The van der Waals surface area contributed by atoms with Crippen molar-refractivity contribution in [3.8, 4) is 11.8 Å². The highest BCUT2D eigenvalue weighted by Crippen LogP contribution is 2.26. The van der Waals surface area contributed by atoms with Gasteiger partial charge < -0.3 is 9.64 Å². The van der Waals surface area contributed by atoms with Crippen LogP contribution in [0.25, 0.3) is 0 Å². The normalized spacial score (nSPS) is 14.7. The molecule has 0 spiro atoms. The first kappa shape index (κ1) is 13.9. The molecule has 0 saturated heterocycles. The summed E-state index contributed by atoms with van der Waals surface area (Å²) in [4.78, 5) is 2.20. The van der Waals surface area contributed by atoms with E-state index in [1.165, 1.54) is 11.1 Å². The van der Waals surface area contributed by atoms with E-state index >= 15 is 0 Å². The van der Waals surface area contributed by atoms with Crippen molar-refractivity contribution in [1.82, 2.24) is 4.90 Å². The summed E-state index contributed by atoms with van der Waals surface area (Å²) in [5.74, 6) is 1.04. The second kappa shape index (κ2) is 5.63. The van der Waals surface area contributed by atoms with Gasteiger partial charge in [-0.15, -0.1) is 0 Å². The molecule has 0 amide bonds. The van der Waals surface area contributed by atoms with Crippen molar-refractivity contribution in [2.45, 2.75) is 33.2 Å². The molecule has 0 fully saturated rings. The molecule has 0 radical (unpaired) electrons. The monoisotopic (exact) mass is 258 g/mol. The van der Waals surface area contributed by atoms with E-state index in [9.17, 15) is 0 Å². The molecule has 102 valence electrons. The summed E-state index contributed by atoms with van der Waals surface area (Å²) in [5.41, 5.74) is 2.31. The Kier molecular flexibility index (Phi) is 4.11. The number of nitriles is 1. The highest BCUT2D eigenvalue weighted by atomic mass is 16.5. The molecule has 0 N–H and O–H groups in total. The molecular weight excluding hydrogens is 236 g/mol. The fourth-order valence-corrected chi connectivity index (χ4v) is 2.59. The van der Waals surface area contributed by atoms with Gasteiger partial charge in [0.05, 0.1) is 18.1 Å². The van der Waals surface area contributed by atoms with E-state index in [1.807, 2.05) is 13.8 Å². The minimum atomic E-state index is -0.300. The third-order valence-electron chi connectivity index (χ3n) is 3.39. The number of fused-ring (bicyclic) bond motifs is 1. The number of benzene rings is 1. The summed E-state index contributed by atoms with van der Waals surface area (Å²) in [6, 6.07) is 8.79. The molecular formula is C16H22N2O. The molecule has 3 heteroatoms. The van der Waals surface area contributed by atoms with E-state index in [1.54, 1.807) is 0 Å². The van der Waals surface area contributed by atoms with Crippen molar-refractivity contribution in [3.63, 3.8) is 0 Å². The molecule has 0 bridgehead atoms. The zero-order valence-corrected chi connectivity index (χ0v) is 12.1. The SMILES string of the molecule is CN(Cc1ccc2c(c1)CCCO2)CC(C)(C)C#N. The number of ether oxygens (including phenoxy) is 1. The van der Waals surface area contributed by atoms with Crippen LogP contribution < -0.4 is 4.74 Å². The summed E-state index contributed by atoms with van der Waals surface area (Å²) in [5, 5.41) is 9.07. The molecule has 1 aromatic carbocycles. The Balaban J connectivity index is 2.01. The molecule has 0 unspecified atom stereocenters. The van der Waals surface area contributed by atoms with Gasteiger partial charge in [-0.05, 0) is 50.9 Å². The van der Waals surface area contributed by atoms with Gasteiger partial charge in [0.2, 0.25) is 0 Å². The average molecular weight is 258 g/mol. The molecule has 2 rings (SSSR count). The molecule has 0 aliphatic carbocycles. The van der Waals surface area contributed by atoms with Gasteiger partial charge in [-0.3, -0.25) is 0 Å². The number of hydrogen-bond donors (Lipinski definition) is 0. The molecule has 0 aromatic heterocycles. The van der Waals surface area contributed by atoms with Gasteiger partial charge >= 0.3 is 0 Å². The largest absolute Gasteiger partial charge is 0.493 e. The Morgan fingerprint density at radius 2 is 2.21 bits per heavy atom. The molecule has 1 heterocycles. The third kappa shape index (κ3) is 3.71. The van der Waals surface area contributed by atoms with Gasteiger partial charge in [0, 0.05) is 13.1 Å². The highest BCUT2D eigenvalue weighted by molar-refractivity contribution is 5.38. The lowest BCUT2D eigenvalue weighted by molar-refractivity contribution is 0.248. The zero-order chi connectivity index (χ0) is 13.9. The summed E-state index contributed by atoms with van der Waals surface area (Å²) >= 11 is 0.